The number of carbonyl (C=O) groups excluding carboxylic acids is 3. The molecule has 0 unspecified atom stereocenters. The van der Waals surface area contributed by atoms with Gasteiger partial charge >= 0.3 is 5.97 Å². The van der Waals surface area contributed by atoms with Crippen molar-refractivity contribution in [1.82, 2.24) is 0 Å². The fourth-order valence-corrected chi connectivity index (χ4v) is 8.35. The van der Waals surface area contributed by atoms with Crippen LogP contribution in [0.25, 0.3) is 0 Å². The highest BCUT2D eigenvalue weighted by Gasteiger charge is 2.78. The van der Waals surface area contributed by atoms with Crippen LogP contribution in [0.2, 0.25) is 0 Å². The van der Waals surface area contributed by atoms with E-state index in [0.717, 1.165) is 25.0 Å². The molecule has 37 heavy (non-hydrogen) atoms. The average Bonchev–Trinajstić information content (AvgIpc) is 3.05. The monoisotopic (exact) mass is 526 g/mol. The van der Waals surface area contributed by atoms with Crippen molar-refractivity contribution in [2.45, 2.75) is 96.2 Å². The summed E-state index contributed by atoms with van der Waals surface area (Å²) < 4.78 is 53.7. The minimum absolute atomic E-state index is 0.0671. The molecular weight excluding hydrogens is 489 g/mol. The van der Waals surface area contributed by atoms with Crippen LogP contribution in [0, 0.1) is 28.6 Å². The number of aliphatic hydroxyl groups is 2. The average molecular weight is 527 g/mol. The molecule has 0 radical (unpaired) electrons. The van der Waals surface area contributed by atoms with Crippen molar-refractivity contribution >= 4 is 17.5 Å². The third-order valence-corrected chi connectivity index (χ3v) is 10.1. The number of unbranched alkanes of at least 4 members (excludes halogenated alkanes) is 2. The zero-order valence-corrected chi connectivity index (χ0v) is 21.9. The van der Waals surface area contributed by atoms with Crippen molar-refractivity contribution in [2.75, 3.05) is 6.61 Å². The molecule has 9 atom stereocenters. The smallest absolute Gasteiger partial charge is 0.306 e. The lowest BCUT2D eigenvalue weighted by Crippen LogP contribution is -2.71. The van der Waals surface area contributed by atoms with Gasteiger partial charge in [0.1, 0.15) is 12.8 Å². The Morgan fingerprint density at radius 2 is 1.86 bits per heavy atom. The van der Waals surface area contributed by atoms with Gasteiger partial charge in [-0.25, -0.2) is 13.2 Å². The molecule has 0 aromatic rings. The van der Waals surface area contributed by atoms with Gasteiger partial charge in [0, 0.05) is 34.7 Å². The number of carbonyl (C=O) groups is 3. The molecule has 6 nitrogen and oxygen atoms in total. The van der Waals surface area contributed by atoms with E-state index in [0.29, 0.717) is 6.42 Å². The van der Waals surface area contributed by atoms with Crippen LogP contribution in [0.5, 0.6) is 0 Å². The molecule has 0 amide bonds. The van der Waals surface area contributed by atoms with E-state index in [4.69, 9.17) is 4.74 Å². The molecule has 0 heterocycles. The number of aliphatic hydroxyl groups excluding tert-OH is 2. The molecule has 0 spiro atoms. The molecule has 3 saturated carbocycles. The van der Waals surface area contributed by atoms with Gasteiger partial charge in [0.05, 0.1) is 6.10 Å². The van der Waals surface area contributed by atoms with E-state index in [1.54, 1.807) is 13.8 Å². The summed E-state index contributed by atoms with van der Waals surface area (Å²) in [6, 6.07) is 0. The van der Waals surface area contributed by atoms with Gasteiger partial charge < -0.3 is 14.9 Å². The number of hydrogen-bond acceptors (Lipinski definition) is 6. The molecule has 4 aliphatic rings. The van der Waals surface area contributed by atoms with Gasteiger partial charge in [-0.15, -0.1) is 0 Å². The quantitative estimate of drug-likeness (QED) is 0.380. The number of hydrogen-bond donors (Lipinski definition) is 2. The van der Waals surface area contributed by atoms with E-state index in [-0.39, 0.29) is 19.3 Å². The number of fused-ring (bicyclic) bond motifs is 5. The van der Waals surface area contributed by atoms with Crippen molar-refractivity contribution in [1.29, 1.82) is 0 Å². The zero-order chi connectivity index (χ0) is 27.6. The normalized spacial score (nSPS) is 44.8. The van der Waals surface area contributed by atoms with Crippen molar-refractivity contribution in [3.63, 3.8) is 0 Å². The minimum atomic E-state index is -2.53. The Labute approximate surface area is 215 Å². The maximum atomic E-state index is 17.3. The molecule has 0 bridgehead atoms. The molecule has 0 aromatic heterocycles. The number of alkyl halides is 2. The Morgan fingerprint density at radius 3 is 2.49 bits per heavy atom. The van der Waals surface area contributed by atoms with Crippen LogP contribution in [0.3, 0.4) is 0 Å². The van der Waals surface area contributed by atoms with E-state index < -0.39 is 94.1 Å². The Morgan fingerprint density at radius 1 is 1.19 bits per heavy atom. The highest BCUT2D eigenvalue weighted by molar-refractivity contribution is 6.04. The van der Waals surface area contributed by atoms with E-state index >= 15 is 8.78 Å². The van der Waals surface area contributed by atoms with Crippen LogP contribution in [0.4, 0.5) is 13.2 Å². The maximum absolute atomic E-state index is 17.3. The molecule has 4 rings (SSSR count). The standard InChI is InChI=1S/C28H37F3O6/c1-5-6-7-8-22(36)37-28(21(35)14-32)15(2)11-16-17-12-18(29)23-24(30)19(33)9-10-25(23,3)27(17,31)20(34)13-26(16,28)4/h9-10,15-18,20,32,34H,5-8,11-14H2,1-4H3/t15-,16+,17+,18+,20+,25+,26+,27+,28-/m1/s1. The van der Waals surface area contributed by atoms with Crippen molar-refractivity contribution in [3.8, 4) is 0 Å². The maximum Gasteiger partial charge on any atom is 0.306 e. The molecule has 206 valence electrons. The first-order chi connectivity index (χ1) is 17.3. The number of ether oxygens (including phenoxy) is 1. The highest BCUT2D eigenvalue weighted by Crippen LogP contribution is 2.72. The summed E-state index contributed by atoms with van der Waals surface area (Å²) in [4.78, 5) is 38.2. The van der Waals surface area contributed by atoms with Gasteiger partial charge in [-0.05, 0) is 44.6 Å². The summed E-state index contributed by atoms with van der Waals surface area (Å²) >= 11 is 0. The molecule has 0 aliphatic heterocycles. The van der Waals surface area contributed by atoms with Gasteiger partial charge in [0.25, 0.3) is 0 Å². The Bertz CT molecular complexity index is 1060. The molecular formula is C28H37F3O6. The summed E-state index contributed by atoms with van der Waals surface area (Å²) in [5, 5.41) is 21.3. The number of allylic oxidation sites excluding steroid dienone is 4. The molecule has 2 N–H and O–H groups in total. The number of halogens is 3. The second-order valence-electron chi connectivity index (χ2n) is 11.8. The molecule has 4 aliphatic carbocycles. The molecule has 3 fully saturated rings. The Kier molecular flexibility index (Phi) is 7.06. The summed E-state index contributed by atoms with van der Waals surface area (Å²) in [6.45, 7) is 5.69. The van der Waals surface area contributed by atoms with Crippen molar-refractivity contribution in [3.05, 3.63) is 23.6 Å². The van der Waals surface area contributed by atoms with E-state index in [2.05, 4.69) is 0 Å². The summed E-state index contributed by atoms with van der Waals surface area (Å²) in [7, 11) is 0. The first-order valence-corrected chi connectivity index (χ1v) is 13.3. The van der Waals surface area contributed by atoms with Crippen LogP contribution in [-0.4, -0.2) is 57.9 Å². The van der Waals surface area contributed by atoms with E-state index in [1.165, 1.54) is 6.92 Å². The van der Waals surface area contributed by atoms with Gasteiger partial charge in [0.2, 0.25) is 11.6 Å². The molecule has 9 heteroatoms. The summed E-state index contributed by atoms with van der Waals surface area (Å²) in [6.07, 6.45) is -0.0872. The number of esters is 1. The second kappa shape index (κ2) is 9.33. The first kappa shape index (κ1) is 28.0. The van der Waals surface area contributed by atoms with Crippen LogP contribution < -0.4 is 0 Å². The Balaban J connectivity index is 1.81. The predicted octanol–water partition coefficient (Wildman–Crippen LogP) is 4.27. The fraction of sp³-hybridized carbons (Fsp3) is 0.750. The SMILES string of the molecule is CCCCCC(=O)O[C@@]1(C(=O)CO)[C@H](C)C[C@H]2[C@@H]3C[C@H](F)C4=C(F)C(=O)C=C[C@]4(C)[C@@]3(F)[C@@H](O)C[C@@]21C. The van der Waals surface area contributed by atoms with Gasteiger partial charge in [-0.1, -0.05) is 39.7 Å². The number of Topliss-reactive ketones (excluding diaryl/α,β-unsaturated/α-hetero) is 1. The topological polar surface area (TPSA) is 101 Å². The van der Waals surface area contributed by atoms with Crippen LogP contribution in [0.15, 0.2) is 23.6 Å². The van der Waals surface area contributed by atoms with Gasteiger partial charge in [-0.2, -0.15) is 0 Å². The molecule has 0 aromatic carbocycles. The van der Waals surface area contributed by atoms with E-state index in [1.807, 2.05) is 6.92 Å². The van der Waals surface area contributed by atoms with Crippen molar-refractivity contribution in [2.24, 2.45) is 28.6 Å². The number of ketones is 2. The summed E-state index contributed by atoms with van der Waals surface area (Å²) in [5.41, 5.74) is -8.18. The minimum Gasteiger partial charge on any atom is -0.450 e. The highest BCUT2D eigenvalue weighted by atomic mass is 19.2. The van der Waals surface area contributed by atoms with Gasteiger partial charge in [-0.3, -0.25) is 14.4 Å². The Hall–Kier alpha value is -2.00. The van der Waals surface area contributed by atoms with Crippen LogP contribution in [-0.2, 0) is 19.1 Å². The fourth-order valence-electron chi connectivity index (χ4n) is 8.35. The lowest BCUT2D eigenvalue weighted by molar-refractivity contribution is -0.232. The largest absolute Gasteiger partial charge is 0.450 e. The molecule has 0 saturated heterocycles. The first-order valence-electron chi connectivity index (χ1n) is 13.3. The van der Waals surface area contributed by atoms with Crippen LogP contribution >= 0.6 is 0 Å². The predicted molar refractivity (Wildman–Crippen MR) is 128 cm³/mol. The van der Waals surface area contributed by atoms with Gasteiger partial charge in [0.15, 0.2) is 17.1 Å². The lowest BCUT2D eigenvalue weighted by atomic mass is 9.44. The van der Waals surface area contributed by atoms with E-state index in [9.17, 15) is 29.0 Å². The third-order valence-electron chi connectivity index (χ3n) is 10.1. The number of rotatable bonds is 7. The zero-order valence-electron chi connectivity index (χ0n) is 21.9. The lowest BCUT2D eigenvalue weighted by Gasteiger charge is -2.63. The van der Waals surface area contributed by atoms with Crippen molar-refractivity contribution < 1.29 is 42.5 Å². The summed E-state index contributed by atoms with van der Waals surface area (Å²) in [5.74, 6) is -6.25. The van der Waals surface area contributed by atoms with Crippen LogP contribution in [0.1, 0.15) is 72.6 Å². The third kappa shape index (κ3) is 3.55. The second-order valence-corrected chi connectivity index (χ2v) is 11.8.